The van der Waals surface area contributed by atoms with Gasteiger partial charge in [0.1, 0.15) is 0 Å². The first-order valence-corrected chi connectivity index (χ1v) is 5.23. The van der Waals surface area contributed by atoms with Gasteiger partial charge in [0.2, 0.25) is 0 Å². The van der Waals surface area contributed by atoms with E-state index in [1.54, 1.807) is 0 Å². The fraction of sp³-hybridized carbons (Fsp3) is 1.00. The summed E-state index contributed by atoms with van der Waals surface area (Å²) < 4.78 is 0. The second kappa shape index (κ2) is 2.47. The molecule has 2 unspecified atom stereocenters. The molecule has 1 heteroatoms. The highest BCUT2D eigenvalue weighted by molar-refractivity contribution is 5.07. The highest BCUT2D eigenvalue weighted by Crippen LogP contribution is 2.61. The van der Waals surface area contributed by atoms with Crippen molar-refractivity contribution in [3.05, 3.63) is 0 Å². The van der Waals surface area contributed by atoms with Gasteiger partial charge in [-0.2, -0.15) is 0 Å². The zero-order valence-electron chi connectivity index (χ0n) is 8.61. The molecule has 1 saturated heterocycles. The fourth-order valence-corrected chi connectivity index (χ4v) is 3.00. The van der Waals surface area contributed by atoms with Crippen molar-refractivity contribution in [3.63, 3.8) is 0 Å². The lowest BCUT2D eigenvalue weighted by Gasteiger charge is -2.29. The highest BCUT2D eigenvalue weighted by Gasteiger charge is 2.55. The van der Waals surface area contributed by atoms with Crippen LogP contribution < -0.4 is 5.32 Å². The Hall–Kier alpha value is -0.0400. The van der Waals surface area contributed by atoms with E-state index in [2.05, 4.69) is 26.1 Å². The summed E-state index contributed by atoms with van der Waals surface area (Å²) >= 11 is 0. The molecule has 0 amide bonds. The molecule has 2 aliphatic rings. The largest absolute Gasteiger partial charge is 0.316 e. The molecule has 0 bridgehead atoms. The van der Waals surface area contributed by atoms with Crippen molar-refractivity contribution >= 4 is 0 Å². The second-order valence-corrected chi connectivity index (χ2v) is 5.95. The zero-order chi connectivity index (χ0) is 8.82. The normalized spacial score (nSPS) is 40.8. The van der Waals surface area contributed by atoms with Gasteiger partial charge < -0.3 is 5.32 Å². The van der Waals surface area contributed by atoms with Gasteiger partial charge in [-0.25, -0.2) is 0 Å². The minimum absolute atomic E-state index is 0.534. The third-order valence-electron chi connectivity index (χ3n) is 3.43. The first kappa shape index (κ1) is 8.55. The molecule has 2 atom stereocenters. The molecule has 0 aromatic heterocycles. The second-order valence-electron chi connectivity index (χ2n) is 5.95. The average molecular weight is 167 g/mol. The fourth-order valence-electron chi connectivity index (χ4n) is 3.00. The van der Waals surface area contributed by atoms with Crippen LogP contribution >= 0.6 is 0 Å². The molecular formula is C11H21N. The van der Waals surface area contributed by atoms with Gasteiger partial charge in [0.25, 0.3) is 0 Å². The molecule has 70 valence electrons. The van der Waals surface area contributed by atoms with Crippen molar-refractivity contribution in [2.24, 2.45) is 16.7 Å². The van der Waals surface area contributed by atoms with Crippen molar-refractivity contribution in [1.29, 1.82) is 0 Å². The van der Waals surface area contributed by atoms with Crippen LogP contribution in [0.2, 0.25) is 0 Å². The molecule has 1 saturated carbocycles. The van der Waals surface area contributed by atoms with E-state index in [-0.39, 0.29) is 0 Å². The maximum absolute atomic E-state index is 3.49. The molecule has 1 nitrogen and oxygen atoms in total. The Balaban J connectivity index is 1.96. The minimum atomic E-state index is 0.534. The summed E-state index contributed by atoms with van der Waals surface area (Å²) in [6.07, 6.45) is 4.36. The Kier molecular flexibility index (Phi) is 1.76. The Morgan fingerprint density at radius 2 is 2.17 bits per heavy atom. The number of rotatable bonds is 1. The molecule has 2 fully saturated rings. The van der Waals surface area contributed by atoms with E-state index in [4.69, 9.17) is 0 Å². The molecule has 12 heavy (non-hydrogen) atoms. The Morgan fingerprint density at radius 1 is 1.42 bits per heavy atom. The van der Waals surface area contributed by atoms with Crippen LogP contribution in [0.4, 0.5) is 0 Å². The summed E-state index contributed by atoms with van der Waals surface area (Å²) in [4.78, 5) is 0. The summed E-state index contributed by atoms with van der Waals surface area (Å²) in [5.41, 5.74) is 1.30. The third-order valence-corrected chi connectivity index (χ3v) is 3.43. The first-order chi connectivity index (χ1) is 5.52. The molecule has 0 aromatic rings. The van der Waals surface area contributed by atoms with Crippen LogP contribution in [-0.4, -0.2) is 13.1 Å². The number of nitrogens with one attached hydrogen (secondary N) is 1. The van der Waals surface area contributed by atoms with Gasteiger partial charge in [-0.05, 0) is 49.1 Å². The molecule has 1 N–H and O–H groups in total. The molecule has 1 heterocycles. The predicted octanol–water partition coefficient (Wildman–Crippen LogP) is 2.42. The van der Waals surface area contributed by atoms with E-state index in [1.165, 1.54) is 32.4 Å². The van der Waals surface area contributed by atoms with E-state index in [1.807, 2.05) is 0 Å². The predicted molar refractivity (Wildman–Crippen MR) is 52.1 cm³/mol. The number of piperidine rings is 1. The van der Waals surface area contributed by atoms with Crippen LogP contribution in [0.15, 0.2) is 0 Å². The Labute approximate surface area is 75.9 Å². The summed E-state index contributed by atoms with van der Waals surface area (Å²) in [5, 5.41) is 3.49. The molecule has 2 rings (SSSR count). The highest BCUT2D eigenvalue weighted by atomic mass is 14.9. The van der Waals surface area contributed by atoms with Gasteiger partial charge in [0.15, 0.2) is 0 Å². The van der Waals surface area contributed by atoms with Gasteiger partial charge in [0, 0.05) is 0 Å². The topological polar surface area (TPSA) is 12.0 Å². The molecule has 1 aliphatic carbocycles. The van der Waals surface area contributed by atoms with Crippen LogP contribution in [0.3, 0.4) is 0 Å². The maximum atomic E-state index is 3.49. The third kappa shape index (κ3) is 1.52. The van der Waals surface area contributed by atoms with Gasteiger partial charge in [0.05, 0.1) is 0 Å². The monoisotopic (exact) mass is 167 g/mol. The minimum Gasteiger partial charge on any atom is -0.316 e. The van der Waals surface area contributed by atoms with E-state index in [0.717, 1.165) is 11.3 Å². The van der Waals surface area contributed by atoms with Gasteiger partial charge in [-0.15, -0.1) is 0 Å². The number of hydrogen-bond donors (Lipinski definition) is 1. The summed E-state index contributed by atoms with van der Waals surface area (Å²) in [7, 11) is 0. The zero-order valence-corrected chi connectivity index (χ0v) is 8.61. The standard InChI is InChI=1S/C11H21N/c1-10(2,3)8-11-4-5-12-7-9(11)6-11/h9,12H,4-8H2,1-3H3. The van der Waals surface area contributed by atoms with Crippen LogP contribution in [0.25, 0.3) is 0 Å². The van der Waals surface area contributed by atoms with Gasteiger partial charge >= 0.3 is 0 Å². The lowest BCUT2D eigenvalue weighted by atomic mass is 9.79. The molecular weight excluding hydrogens is 146 g/mol. The number of fused-ring (bicyclic) bond motifs is 1. The Morgan fingerprint density at radius 3 is 2.75 bits per heavy atom. The van der Waals surface area contributed by atoms with E-state index in [9.17, 15) is 0 Å². The number of hydrogen-bond acceptors (Lipinski definition) is 1. The average Bonchev–Trinajstić information content (AvgIpc) is 2.56. The van der Waals surface area contributed by atoms with Crippen LogP contribution in [0, 0.1) is 16.7 Å². The summed E-state index contributed by atoms with van der Waals surface area (Å²) in [5.74, 6) is 1.02. The SMILES string of the molecule is CC(C)(C)CC12CCNCC1C2. The maximum Gasteiger partial charge on any atom is -0.00150 e. The summed E-state index contributed by atoms with van der Waals surface area (Å²) in [6, 6.07) is 0. The smallest absolute Gasteiger partial charge is 0.00150 e. The van der Waals surface area contributed by atoms with Crippen molar-refractivity contribution in [2.75, 3.05) is 13.1 Å². The summed E-state index contributed by atoms with van der Waals surface area (Å²) in [6.45, 7) is 9.67. The van der Waals surface area contributed by atoms with E-state index in [0.29, 0.717) is 5.41 Å². The Bertz CT molecular complexity index is 180. The quantitative estimate of drug-likeness (QED) is 0.632. The van der Waals surface area contributed by atoms with Crippen molar-refractivity contribution in [2.45, 2.75) is 40.0 Å². The van der Waals surface area contributed by atoms with E-state index >= 15 is 0 Å². The van der Waals surface area contributed by atoms with Crippen molar-refractivity contribution in [3.8, 4) is 0 Å². The van der Waals surface area contributed by atoms with E-state index < -0.39 is 0 Å². The molecule has 0 radical (unpaired) electrons. The van der Waals surface area contributed by atoms with Crippen LogP contribution in [0.1, 0.15) is 40.0 Å². The molecule has 1 aliphatic heterocycles. The first-order valence-electron chi connectivity index (χ1n) is 5.23. The molecule has 0 aromatic carbocycles. The lowest BCUT2D eigenvalue weighted by molar-refractivity contribution is 0.226. The van der Waals surface area contributed by atoms with Crippen molar-refractivity contribution < 1.29 is 0 Å². The van der Waals surface area contributed by atoms with Gasteiger partial charge in [-0.1, -0.05) is 20.8 Å². The lowest BCUT2D eigenvalue weighted by Crippen LogP contribution is -2.31. The van der Waals surface area contributed by atoms with Crippen molar-refractivity contribution in [1.82, 2.24) is 5.32 Å². The molecule has 0 spiro atoms. The van der Waals surface area contributed by atoms with Gasteiger partial charge in [-0.3, -0.25) is 0 Å². The van der Waals surface area contributed by atoms with Crippen LogP contribution in [-0.2, 0) is 0 Å². The van der Waals surface area contributed by atoms with Crippen LogP contribution in [0.5, 0.6) is 0 Å².